The van der Waals surface area contributed by atoms with Gasteiger partial charge in [-0.15, -0.1) is 0 Å². The minimum atomic E-state index is 0.0578. The number of aromatic hydroxyl groups is 1. The van der Waals surface area contributed by atoms with Gasteiger partial charge >= 0.3 is 0 Å². The minimum Gasteiger partial charge on any atom is -0.504 e. The van der Waals surface area contributed by atoms with Gasteiger partial charge in [-0.2, -0.15) is 0 Å². The van der Waals surface area contributed by atoms with Crippen molar-refractivity contribution in [3.8, 4) is 23.0 Å². The van der Waals surface area contributed by atoms with Crippen LogP contribution in [0.2, 0.25) is 0 Å². The number of phenolic OH excluding ortho intramolecular Hbond substituents is 1. The first-order valence-corrected chi connectivity index (χ1v) is 6.93. The summed E-state index contributed by atoms with van der Waals surface area (Å²) in [6.07, 6.45) is 1.49. The summed E-state index contributed by atoms with van der Waals surface area (Å²) in [7, 11) is 0. The highest BCUT2D eigenvalue weighted by molar-refractivity contribution is 5.76. The topological polar surface area (TPSA) is 82.1 Å². The van der Waals surface area contributed by atoms with Crippen LogP contribution in [0.15, 0.2) is 36.4 Å². The first-order valence-electron chi connectivity index (χ1n) is 6.93. The molecule has 0 spiro atoms. The van der Waals surface area contributed by atoms with Gasteiger partial charge in [0.15, 0.2) is 23.0 Å². The molecule has 2 aromatic carbocycles. The Kier molecular flexibility index (Phi) is 5.57. The van der Waals surface area contributed by atoms with Crippen LogP contribution in [0.4, 0.5) is 0 Å². The predicted octanol–water partition coefficient (Wildman–Crippen LogP) is 2.83. The zero-order valence-electron chi connectivity index (χ0n) is 12.5. The van der Waals surface area contributed by atoms with E-state index in [9.17, 15) is 14.7 Å². The zero-order valence-corrected chi connectivity index (χ0v) is 12.5. The lowest BCUT2D eigenvalue weighted by molar-refractivity contribution is 0.111. The van der Waals surface area contributed by atoms with E-state index in [-0.39, 0.29) is 12.5 Å². The van der Waals surface area contributed by atoms with E-state index in [4.69, 9.17) is 14.2 Å². The summed E-state index contributed by atoms with van der Waals surface area (Å²) in [5.74, 6) is 1.76. The molecule has 0 amide bonds. The number of aldehydes is 2. The van der Waals surface area contributed by atoms with Gasteiger partial charge in [-0.25, -0.2) is 0 Å². The van der Waals surface area contributed by atoms with E-state index in [1.54, 1.807) is 18.2 Å². The first kappa shape index (κ1) is 16.4. The van der Waals surface area contributed by atoms with Gasteiger partial charge in [0.1, 0.15) is 12.6 Å². The molecule has 6 heteroatoms. The maximum absolute atomic E-state index is 10.3. The highest BCUT2D eigenvalue weighted by atomic mass is 16.7. The second-order valence-corrected chi connectivity index (χ2v) is 4.51. The Hall–Kier alpha value is -3.02. The third-order valence-electron chi connectivity index (χ3n) is 2.95. The molecule has 0 saturated heterocycles. The van der Waals surface area contributed by atoms with Crippen molar-refractivity contribution in [3.05, 3.63) is 47.5 Å². The van der Waals surface area contributed by atoms with Crippen molar-refractivity contribution in [1.29, 1.82) is 0 Å². The normalized spacial score (nSPS) is 11.2. The number of hydrogen-bond donors (Lipinski definition) is 1. The fourth-order valence-corrected chi connectivity index (χ4v) is 1.86. The molecule has 0 fully saturated rings. The van der Waals surface area contributed by atoms with E-state index in [0.717, 1.165) is 6.29 Å². The minimum absolute atomic E-state index is 0.0578. The largest absolute Gasteiger partial charge is 0.504 e. The first-order chi connectivity index (χ1) is 11.2. The highest BCUT2D eigenvalue weighted by Gasteiger charge is 2.12. The van der Waals surface area contributed by atoms with Crippen LogP contribution in [-0.4, -0.2) is 31.1 Å². The van der Waals surface area contributed by atoms with E-state index in [1.807, 2.05) is 6.92 Å². The van der Waals surface area contributed by atoms with Crippen molar-refractivity contribution in [3.63, 3.8) is 0 Å². The number of carbonyl (C=O) groups excluding carboxylic acids is 2. The van der Waals surface area contributed by atoms with Crippen LogP contribution in [0.3, 0.4) is 0 Å². The van der Waals surface area contributed by atoms with Crippen molar-refractivity contribution in [2.75, 3.05) is 13.4 Å². The summed E-state index contributed by atoms with van der Waals surface area (Å²) in [5.41, 5.74) is 1.10. The summed E-state index contributed by atoms with van der Waals surface area (Å²) in [6.45, 7) is 2.53. The Bertz CT molecular complexity index is 695. The molecule has 0 unspecified atom stereocenters. The molecule has 1 heterocycles. The van der Waals surface area contributed by atoms with Crippen molar-refractivity contribution in [1.82, 2.24) is 0 Å². The Balaban J connectivity index is 0.000000167. The molecular formula is C17H16O6. The molecule has 0 bridgehead atoms. The molecule has 0 radical (unpaired) electrons. The molecule has 1 N–H and O–H groups in total. The van der Waals surface area contributed by atoms with Crippen molar-refractivity contribution in [2.45, 2.75) is 6.92 Å². The molecule has 2 aromatic rings. The van der Waals surface area contributed by atoms with Crippen LogP contribution in [0.25, 0.3) is 0 Å². The van der Waals surface area contributed by atoms with Crippen LogP contribution in [0.5, 0.6) is 23.0 Å². The molecule has 6 nitrogen and oxygen atoms in total. The number of fused-ring (bicyclic) bond motifs is 1. The van der Waals surface area contributed by atoms with Gasteiger partial charge in [-0.3, -0.25) is 9.59 Å². The van der Waals surface area contributed by atoms with Gasteiger partial charge in [0.2, 0.25) is 6.79 Å². The van der Waals surface area contributed by atoms with Gasteiger partial charge in [-0.05, 0) is 43.3 Å². The van der Waals surface area contributed by atoms with Crippen molar-refractivity contribution in [2.24, 2.45) is 0 Å². The summed E-state index contributed by atoms with van der Waals surface area (Å²) in [4.78, 5) is 20.6. The molecule has 3 rings (SSSR count). The average molecular weight is 316 g/mol. The van der Waals surface area contributed by atoms with E-state index in [1.165, 1.54) is 18.2 Å². The molecule has 23 heavy (non-hydrogen) atoms. The summed E-state index contributed by atoms with van der Waals surface area (Å²) >= 11 is 0. The number of ether oxygens (including phenoxy) is 3. The number of hydrogen-bond acceptors (Lipinski definition) is 6. The fourth-order valence-electron chi connectivity index (χ4n) is 1.86. The maximum Gasteiger partial charge on any atom is 0.231 e. The fraction of sp³-hybridized carbons (Fsp3) is 0.176. The number of carbonyl (C=O) groups is 2. The Labute approximate surface area is 133 Å². The van der Waals surface area contributed by atoms with Crippen LogP contribution >= 0.6 is 0 Å². The molecular weight excluding hydrogens is 300 g/mol. The third-order valence-corrected chi connectivity index (χ3v) is 2.95. The second-order valence-electron chi connectivity index (χ2n) is 4.51. The Morgan fingerprint density at radius 1 is 1.04 bits per heavy atom. The molecule has 0 aliphatic carbocycles. The van der Waals surface area contributed by atoms with E-state index in [2.05, 4.69) is 0 Å². The van der Waals surface area contributed by atoms with Gasteiger partial charge < -0.3 is 19.3 Å². The van der Waals surface area contributed by atoms with E-state index < -0.39 is 0 Å². The van der Waals surface area contributed by atoms with Gasteiger partial charge in [-0.1, -0.05) is 0 Å². The predicted molar refractivity (Wildman–Crippen MR) is 82.6 cm³/mol. The van der Waals surface area contributed by atoms with Gasteiger partial charge in [0, 0.05) is 11.1 Å². The molecule has 0 aromatic heterocycles. The molecule has 0 saturated carbocycles. The average Bonchev–Trinajstić information content (AvgIpc) is 3.05. The lowest BCUT2D eigenvalue weighted by Gasteiger charge is -2.04. The van der Waals surface area contributed by atoms with E-state index >= 15 is 0 Å². The Morgan fingerprint density at radius 3 is 2.39 bits per heavy atom. The van der Waals surface area contributed by atoms with Crippen molar-refractivity contribution >= 4 is 12.6 Å². The molecule has 1 aliphatic heterocycles. The smallest absolute Gasteiger partial charge is 0.231 e. The standard InChI is InChI=1S/C9H10O3.C8H6O3/c1-2-12-9-5-7(6-10)3-4-8(9)11;9-4-6-1-2-7-8(3-6)11-5-10-7/h3-6,11H,2H2,1H3;1-4H,5H2. The summed E-state index contributed by atoms with van der Waals surface area (Å²) in [6, 6.07) is 9.56. The third kappa shape index (κ3) is 4.23. The lowest BCUT2D eigenvalue weighted by Crippen LogP contribution is -1.92. The zero-order chi connectivity index (χ0) is 16.7. The summed E-state index contributed by atoms with van der Waals surface area (Å²) in [5, 5.41) is 9.22. The molecule has 120 valence electrons. The highest BCUT2D eigenvalue weighted by Crippen LogP contribution is 2.31. The second kappa shape index (κ2) is 7.84. The van der Waals surface area contributed by atoms with Crippen LogP contribution in [-0.2, 0) is 0 Å². The SMILES string of the molecule is CCOc1cc(C=O)ccc1O.O=Cc1ccc2c(c1)OCO2. The van der Waals surface area contributed by atoms with Crippen molar-refractivity contribution < 1.29 is 28.9 Å². The number of benzene rings is 2. The summed E-state index contributed by atoms with van der Waals surface area (Å²) < 4.78 is 15.2. The monoisotopic (exact) mass is 316 g/mol. The van der Waals surface area contributed by atoms with Crippen LogP contribution in [0, 0.1) is 0 Å². The maximum atomic E-state index is 10.3. The quantitative estimate of drug-likeness (QED) is 0.873. The molecule has 1 aliphatic rings. The van der Waals surface area contributed by atoms with Gasteiger partial charge in [0.25, 0.3) is 0 Å². The number of phenols is 1. The van der Waals surface area contributed by atoms with Gasteiger partial charge in [0.05, 0.1) is 6.61 Å². The van der Waals surface area contributed by atoms with Crippen LogP contribution < -0.4 is 14.2 Å². The van der Waals surface area contributed by atoms with Crippen LogP contribution in [0.1, 0.15) is 27.6 Å². The van der Waals surface area contributed by atoms with E-state index in [0.29, 0.717) is 41.3 Å². The number of rotatable bonds is 4. The molecule has 0 atom stereocenters. The Morgan fingerprint density at radius 2 is 1.70 bits per heavy atom. The lowest BCUT2D eigenvalue weighted by atomic mass is 10.2.